The summed E-state index contributed by atoms with van der Waals surface area (Å²) in [6.45, 7) is 0.0126. The molecule has 0 fully saturated rings. The van der Waals surface area contributed by atoms with E-state index >= 15 is 0 Å². The Labute approximate surface area is 153 Å². The van der Waals surface area contributed by atoms with Gasteiger partial charge in [0, 0.05) is 10.7 Å². The van der Waals surface area contributed by atoms with E-state index in [1.54, 1.807) is 36.4 Å². The van der Waals surface area contributed by atoms with Gasteiger partial charge in [-0.2, -0.15) is 0 Å². The number of nitrogens with zero attached hydrogens (tertiary/aromatic N) is 2. The fourth-order valence-electron chi connectivity index (χ4n) is 2.14. The molecule has 3 rings (SSSR count). The van der Waals surface area contributed by atoms with E-state index in [4.69, 9.17) is 16.0 Å². The SMILES string of the molecule is O=S(=O)(c1ccc(Br)cc1Cl)N(Cc1ccco1)c1ccccn1. The van der Waals surface area contributed by atoms with E-state index in [0.717, 1.165) is 0 Å². The molecule has 0 unspecified atom stereocenters. The molecule has 0 saturated carbocycles. The van der Waals surface area contributed by atoms with Gasteiger partial charge < -0.3 is 4.42 Å². The van der Waals surface area contributed by atoms with Crippen molar-refractivity contribution in [3.63, 3.8) is 0 Å². The molecule has 0 spiro atoms. The molecule has 8 heteroatoms. The number of furan rings is 1. The molecule has 0 saturated heterocycles. The Kier molecular flexibility index (Phi) is 4.93. The van der Waals surface area contributed by atoms with Gasteiger partial charge in [0.25, 0.3) is 10.0 Å². The van der Waals surface area contributed by atoms with Gasteiger partial charge >= 0.3 is 0 Å². The van der Waals surface area contributed by atoms with Crippen LogP contribution in [0, 0.1) is 0 Å². The van der Waals surface area contributed by atoms with Gasteiger partial charge in [-0.15, -0.1) is 0 Å². The maximum atomic E-state index is 13.1. The molecule has 0 atom stereocenters. The van der Waals surface area contributed by atoms with Gasteiger partial charge in [0.1, 0.15) is 16.5 Å². The molecule has 5 nitrogen and oxygen atoms in total. The van der Waals surface area contributed by atoms with E-state index in [1.165, 1.54) is 28.9 Å². The second-order valence-corrected chi connectivity index (χ2v) is 8.01. The van der Waals surface area contributed by atoms with Crippen LogP contribution in [0.25, 0.3) is 0 Å². The molecular formula is C16H12BrClN2O3S. The molecule has 0 bridgehead atoms. The van der Waals surface area contributed by atoms with Gasteiger partial charge in [-0.05, 0) is 42.5 Å². The van der Waals surface area contributed by atoms with Gasteiger partial charge in [0.05, 0.1) is 17.8 Å². The Balaban J connectivity index is 2.10. The average molecular weight is 428 g/mol. The number of rotatable bonds is 5. The first-order chi connectivity index (χ1) is 11.5. The highest BCUT2D eigenvalue weighted by Crippen LogP contribution is 2.30. The standard InChI is InChI=1S/C16H12BrClN2O3S/c17-12-6-7-15(14(18)10-12)24(21,22)20(11-13-4-3-9-23-13)16-5-1-2-8-19-16/h1-10H,11H2. The first kappa shape index (κ1) is 17.0. The summed E-state index contributed by atoms with van der Waals surface area (Å²) in [7, 11) is -3.92. The molecule has 0 N–H and O–H groups in total. The summed E-state index contributed by atoms with van der Waals surface area (Å²) >= 11 is 9.42. The zero-order chi connectivity index (χ0) is 17.2. The van der Waals surface area contributed by atoms with Gasteiger partial charge in [-0.1, -0.05) is 33.6 Å². The monoisotopic (exact) mass is 426 g/mol. The van der Waals surface area contributed by atoms with Crippen molar-refractivity contribution < 1.29 is 12.8 Å². The highest BCUT2D eigenvalue weighted by atomic mass is 79.9. The minimum Gasteiger partial charge on any atom is -0.467 e. The van der Waals surface area contributed by atoms with E-state index in [2.05, 4.69) is 20.9 Å². The number of aromatic nitrogens is 1. The number of pyridine rings is 1. The van der Waals surface area contributed by atoms with Crippen molar-refractivity contribution in [2.75, 3.05) is 4.31 Å². The highest BCUT2D eigenvalue weighted by Gasteiger charge is 2.29. The fourth-order valence-corrected chi connectivity index (χ4v) is 4.54. The predicted octanol–water partition coefficient (Wildman–Crippen LogP) is 4.49. The van der Waals surface area contributed by atoms with Crippen molar-refractivity contribution in [1.29, 1.82) is 0 Å². The van der Waals surface area contributed by atoms with Gasteiger partial charge in [0.15, 0.2) is 0 Å². The van der Waals surface area contributed by atoms with Gasteiger partial charge in [-0.25, -0.2) is 17.7 Å². The smallest absolute Gasteiger partial charge is 0.267 e. The van der Waals surface area contributed by atoms with Crippen molar-refractivity contribution >= 4 is 43.4 Å². The molecular weight excluding hydrogens is 416 g/mol. The van der Waals surface area contributed by atoms with E-state index in [-0.39, 0.29) is 22.3 Å². The molecule has 3 aromatic rings. The van der Waals surface area contributed by atoms with Gasteiger partial charge in [0.2, 0.25) is 0 Å². The lowest BCUT2D eigenvalue weighted by Gasteiger charge is -2.23. The average Bonchev–Trinajstić information content (AvgIpc) is 3.06. The van der Waals surface area contributed by atoms with Crippen LogP contribution in [0.2, 0.25) is 5.02 Å². The molecule has 0 aliphatic rings. The molecule has 0 radical (unpaired) electrons. The minimum absolute atomic E-state index is 0.00424. The van der Waals surface area contributed by atoms with Crippen LogP contribution in [0.5, 0.6) is 0 Å². The number of sulfonamides is 1. The molecule has 2 heterocycles. The van der Waals surface area contributed by atoms with Crippen molar-refractivity contribution in [1.82, 2.24) is 4.98 Å². The third-order valence-corrected chi connectivity index (χ3v) is 5.97. The van der Waals surface area contributed by atoms with E-state index in [0.29, 0.717) is 10.2 Å². The van der Waals surface area contributed by atoms with Crippen LogP contribution in [0.4, 0.5) is 5.82 Å². The third kappa shape index (κ3) is 3.48. The zero-order valence-electron chi connectivity index (χ0n) is 12.3. The molecule has 0 amide bonds. The fraction of sp³-hybridized carbons (Fsp3) is 0.0625. The van der Waals surface area contributed by atoms with Crippen LogP contribution in [0.3, 0.4) is 0 Å². The zero-order valence-corrected chi connectivity index (χ0v) is 15.4. The summed E-state index contributed by atoms with van der Waals surface area (Å²) in [6, 6.07) is 13.1. The molecule has 24 heavy (non-hydrogen) atoms. The molecule has 0 aliphatic carbocycles. The summed E-state index contributed by atoms with van der Waals surface area (Å²) in [4.78, 5) is 4.16. The van der Waals surface area contributed by atoms with Crippen molar-refractivity contribution in [3.05, 3.63) is 76.2 Å². The summed E-state index contributed by atoms with van der Waals surface area (Å²) in [6.07, 6.45) is 3.02. The first-order valence-corrected chi connectivity index (χ1v) is 9.51. The van der Waals surface area contributed by atoms with Crippen LogP contribution >= 0.6 is 27.5 Å². The minimum atomic E-state index is -3.92. The van der Waals surface area contributed by atoms with E-state index in [9.17, 15) is 8.42 Å². The van der Waals surface area contributed by atoms with Gasteiger partial charge in [-0.3, -0.25) is 0 Å². The summed E-state index contributed by atoms with van der Waals surface area (Å²) in [5.41, 5.74) is 0. The Bertz CT molecular complexity index is 931. The summed E-state index contributed by atoms with van der Waals surface area (Å²) < 4.78 is 33.4. The predicted molar refractivity (Wildman–Crippen MR) is 95.5 cm³/mol. The molecule has 2 aromatic heterocycles. The van der Waals surface area contributed by atoms with Crippen molar-refractivity contribution in [3.8, 4) is 0 Å². The number of hydrogen-bond donors (Lipinski definition) is 0. The summed E-state index contributed by atoms with van der Waals surface area (Å²) in [5.74, 6) is 0.783. The highest BCUT2D eigenvalue weighted by molar-refractivity contribution is 9.10. The third-order valence-electron chi connectivity index (χ3n) is 3.25. The quantitative estimate of drug-likeness (QED) is 0.602. The van der Waals surface area contributed by atoms with Crippen LogP contribution in [0.15, 0.2) is 74.8 Å². The first-order valence-electron chi connectivity index (χ1n) is 6.90. The maximum absolute atomic E-state index is 13.1. The molecule has 0 aliphatic heterocycles. The Morgan fingerprint density at radius 3 is 2.62 bits per heavy atom. The van der Waals surface area contributed by atoms with Crippen LogP contribution in [-0.2, 0) is 16.6 Å². The topological polar surface area (TPSA) is 63.4 Å². The Hall–Kier alpha value is -1.83. The van der Waals surface area contributed by atoms with E-state index < -0.39 is 10.0 Å². The Morgan fingerprint density at radius 2 is 2.00 bits per heavy atom. The number of benzene rings is 1. The van der Waals surface area contributed by atoms with Crippen LogP contribution < -0.4 is 4.31 Å². The lowest BCUT2D eigenvalue weighted by Crippen LogP contribution is -2.31. The van der Waals surface area contributed by atoms with Crippen LogP contribution in [0.1, 0.15) is 5.76 Å². The normalized spacial score (nSPS) is 11.4. The lowest BCUT2D eigenvalue weighted by atomic mass is 10.4. The second kappa shape index (κ2) is 6.96. The molecule has 1 aromatic carbocycles. The largest absolute Gasteiger partial charge is 0.467 e. The maximum Gasteiger partial charge on any atom is 0.267 e. The summed E-state index contributed by atoms with van der Waals surface area (Å²) in [5, 5.41) is 0.129. The Morgan fingerprint density at radius 1 is 1.17 bits per heavy atom. The number of halogens is 2. The van der Waals surface area contributed by atoms with Crippen molar-refractivity contribution in [2.45, 2.75) is 11.4 Å². The second-order valence-electron chi connectivity index (χ2n) is 4.85. The lowest BCUT2D eigenvalue weighted by molar-refractivity contribution is 0.508. The van der Waals surface area contributed by atoms with Crippen LogP contribution in [-0.4, -0.2) is 13.4 Å². The number of hydrogen-bond acceptors (Lipinski definition) is 4. The molecule has 124 valence electrons. The number of anilines is 1. The van der Waals surface area contributed by atoms with Crippen molar-refractivity contribution in [2.24, 2.45) is 0 Å². The van der Waals surface area contributed by atoms with E-state index in [1.807, 2.05) is 0 Å².